The van der Waals surface area contributed by atoms with E-state index in [9.17, 15) is 14.3 Å². The molecule has 0 rings (SSSR count). The van der Waals surface area contributed by atoms with Crippen molar-refractivity contribution in [2.24, 2.45) is 0 Å². The van der Waals surface area contributed by atoms with Crippen LogP contribution in [0.4, 0.5) is 0 Å². The normalized spacial score (nSPS) is 13.7. The second-order valence-electron chi connectivity index (χ2n) is 19.2. The van der Waals surface area contributed by atoms with E-state index < -0.39 is 13.9 Å². The van der Waals surface area contributed by atoms with Crippen molar-refractivity contribution < 1.29 is 37.3 Å². The summed E-state index contributed by atoms with van der Waals surface area (Å²) in [6, 6.07) is 0. The number of ether oxygens (including phenoxy) is 2. The molecule has 0 amide bonds. The molecule has 0 saturated heterocycles. The molecule has 2 atom stereocenters. The molecule has 0 aromatic heterocycles. The van der Waals surface area contributed by atoms with Gasteiger partial charge in [0.05, 0.1) is 34.4 Å². The second kappa shape index (κ2) is 46.5. The molecule has 8 nitrogen and oxygen atoms in total. The molecule has 0 saturated carbocycles. The minimum Gasteiger partial charge on any atom is -0.756 e. The van der Waals surface area contributed by atoms with E-state index in [0.717, 1.165) is 44.9 Å². The molecule has 0 aliphatic carbocycles. The van der Waals surface area contributed by atoms with E-state index in [1.54, 1.807) is 0 Å². The third-order valence-electron chi connectivity index (χ3n) is 11.8. The number of unbranched alkanes of at least 4 members (excludes halogenated alkanes) is 32. The summed E-state index contributed by atoms with van der Waals surface area (Å²) >= 11 is 0. The lowest BCUT2D eigenvalue weighted by Crippen LogP contribution is -2.37. The van der Waals surface area contributed by atoms with Crippen molar-refractivity contribution in [3.63, 3.8) is 0 Å². The number of phosphoric acid groups is 1. The first kappa shape index (κ1) is 61.0. The number of esters is 1. The van der Waals surface area contributed by atoms with Gasteiger partial charge < -0.3 is 27.9 Å². The van der Waals surface area contributed by atoms with Gasteiger partial charge in [-0.2, -0.15) is 0 Å². The van der Waals surface area contributed by atoms with Gasteiger partial charge in [0.25, 0.3) is 7.82 Å². The smallest absolute Gasteiger partial charge is 0.306 e. The fourth-order valence-corrected chi connectivity index (χ4v) is 8.37. The fraction of sp³-hybridized carbons (Fsp3) is 0.906. The van der Waals surface area contributed by atoms with Crippen molar-refractivity contribution >= 4 is 13.8 Å². The summed E-state index contributed by atoms with van der Waals surface area (Å²) in [5.74, 6) is -0.337. The lowest BCUT2D eigenvalue weighted by Gasteiger charge is -2.28. The molecule has 62 heavy (non-hydrogen) atoms. The monoisotopic (exact) mass is 898 g/mol. The Kier molecular flexibility index (Phi) is 45.7. The zero-order chi connectivity index (χ0) is 45.5. The number of hydrogen-bond acceptors (Lipinski definition) is 7. The van der Waals surface area contributed by atoms with Crippen LogP contribution < -0.4 is 4.89 Å². The third kappa shape index (κ3) is 50.0. The van der Waals surface area contributed by atoms with Gasteiger partial charge in [-0.3, -0.25) is 9.36 Å². The third-order valence-corrected chi connectivity index (χ3v) is 12.7. The Labute approximate surface area is 385 Å². The maximum Gasteiger partial charge on any atom is 0.306 e. The predicted octanol–water partition coefficient (Wildman–Crippen LogP) is 15.7. The zero-order valence-corrected chi connectivity index (χ0v) is 42.7. The van der Waals surface area contributed by atoms with Crippen molar-refractivity contribution in [3.05, 3.63) is 24.3 Å². The highest BCUT2D eigenvalue weighted by atomic mass is 31.2. The number of nitrogens with zero attached hydrogens (tertiary/aromatic N) is 1. The Morgan fingerprint density at radius 1 is 0.500 bits per heavy atom. The van der Waals surface area contributed by atoms with Crippen LogP contribution in [0.1, 0.15) is 251 Å². The molecule has 0 heterocycles. The average Bonchev–Trinajstić information content (AvgIpc) is 3.23. The highest BCUT2D eigenvalue weighted by Gasteiger charge is 2.20. The molecule has 0 spiro atoms. The van der Waals surface area contributed by atoms with Gasteiger partial charge in [-0.15, -0.1) is 0 Å². The lowest BCUT2D eigenvalue weighted by atomic mass is 10.0. The van der Waals surface area contributed by atoms with Gasteiger partial charge in [0, 0.05) is 13.0 Å². The van der Waals surface area contributed by atoms with E-state index in [1.807, 2.05) is 21.1 Å². The van der Waals surface area contributed by atoms with Crippen LogP contribution in [0, 0.1) is 0 Å². The van der Waals surface area contributed by atoms with Gasteiger partial charge >= 0.3 is 5.97 Å². The molecule has 0 N–H and O–H groups in total. The molecule has 0 aliphatic heterocycles. The van der Waals surface area contributed by atoms with Crippen molar-refractivity contribution in [3.8, 4) is 0 Å². The first-order valence-electron chi connectivity index (χ1n) is 26.6. The molecule has 0 radical (unpaired) electrons. The van der Waals surface area contributed by atoms with Crippen molar-refractivity contribution in [1.82, 2.24) is 0 Å². The number of rotatable bonds is 50. The van der Waals surface area contributed by atoms with Crippen LogP contribution in [0.15, 0.2) is 24.3 Å². The lowest BCUT2D eigenvalue weighted by molar-refractivity contribution is -0.870. The number of carbonyl (C=O) groups excluding carboxylic acids is 1. The molecule has 2 unspecified atom stereocenters. The van der Waals surface area contributed by atoms with Crippen molar-refractivity contribution in [1.29, 1.82) is 0 Å². The Bertz CT molecular complexity index is 1050. The Hall–Kier alpha value is -1.02. The van der Waals surface area contributed by atoms with Gasteiger partial charge in [0.15, 0.2) is 0 Å². The minimum absolute atomic E-state index is 0.0267. The molecule has 0 aromatic carbocycles. The molecule has 0 bridgehead atoms. The Balaban J connectivity index is 4.09. The van der Waals surface area contributed by atoms with E-state index in [0.29, 0.717) is 24.1 Å². The summed E-state index contributed by atoms with van der Waals surface area (Å²) in [5.41, 5.74) is 0. The first-order valence-corrected chi connectivity index (χ1v) is 28.0. The predicted molar refractivity (Wildman–Crippen MR) is 264 cm³/mol. The molecule has 0 fully saturated rings. The Morgan fingerprint density at radius 2 is 0.887 bits per heavy atom. The maximum absolute atomic E-state index is 12.7. The first-order chi connectivity index (χ1) is 30.1. The minimum atomic E-state index is -4.53. The largest absolute Gasteiger partial charge is 0.756 e. The fourth-order valence-electron chi connectivity index (χ4n) is 7.64. The van der Waals surface area contributed by atoms with E-state index in [1.165, 1.54) is 186 Å². The molecular formula is C53H104NO7P. The molecule has 0 aromatic rings. The standard InChI is InChI=1S/C53H104NO7P/c1-6-8-10-12-14-16-18-20-22-24-26-27-28-29-31-33-35-37-39-41-43-45-48-58-50-52(51-60-62(56,57)59-49-47-54(3,4)5)61-53(55)46-44-42-40-38-36-34-32-30-25-23-21-19-17-15-13-11-9-7-2/h17,19,23,25,52H,6-16,18,20-22,24,26-51H2,1-5H3/b19-17-,25-23-. The SMILES string of the molecule is CCCCCC/C=C\C/C=C\CCCCCCCCCC(=O)OC(COCCCCCCCCCCCCCCCCCCCCCCCC)COP(=O)([O-])OCC[N+](C)(C)C. The highest BCUT2D eigenvalue weighted by molar-refractivity contribution is 7.45. The number of carbonyl (C=O) groups is 1. The second-order valence-corrected chi connectivity index (χ2v) is 20.7. The van der Waals surface area contributed by atoms with E-state index in [4.69, 9.17) is 18.5 Å². The van der Waals surface area contributed by atoms with Crippen LogP contribution >= 0.6 is 7.82 Å². The molecule has 9 heteroatoms. The van der Waals surface area contributed by atoms with Crippen molar-refractivity contribution in [2.75, 3.05) is 54.1 Å². The number of quaternary nitrogens is 1. The highest BCUT2D eigenvalue weighted by Crippen LogP contribution is 2.38. The van der Waals surface area contributed by atoms with E-state index >= 15 is 0 Å². The van der Waals surface area contributed by atoms with Gasteiger partial charge in [-0.1, -0.05) is 224 Å². The quantitative estimate of drug-likeness (QED) is 0.0197. The summed E-state index contributed by atoms with van der Waals surface area (Å²) in [4.78, 5) is 25.2. The number of hydrogen-bond donors (Lipinski definition) is 0. The Morgan fingerprint density at radius 3 is 1.32 bits per heavy atom. The summed E-state index contributed by atoms with van der Waals surface area (Å²) in [5, 5.41) is 0. The van der Waals surface area contributed by atoms with Crippen LogP contribution in [0.5, 0.6) is 0 Å². The van der Waals surface area contributed by atoms with Gasteiger partial charge in [-0.25, -0.2) is 0 Å². The number of phosphoric ester groups is 1. The maximum atomic E-state index is 12.7. The van der Waals surface area contributed by atoms with Gasteiger partial charge in [0.1, 0.15) is 19.3 Å². The number of likely N-dealkylation sites (N-methyl/N-ethyl adjacent to an activating group) is 1. The van der Waals surface area contributed by atoms with Crippen LogP contribution in [-0.4, -0.2) is 70.7 Å². The van der Waals surface area contributed by atoms with Crippen LogP contribution in [0.25, 0.3) is 0 Å². The molecule has 0 aliphatic rings. The van der Waals surface area contributed by atoms with Crippen LogP contribution in [-0.2, 0) is 27.9 Å². The topological polar surface area (TPSA) is 94.1 Å². The summed E-state index contributed by atoms with van der Waals surface area (Å²) in [7, 11) is 1.36. The van der Waals surface area contributed by atoms with Crippen LogP contribution in [0.2, 0.25) is 0 Å². The number of allylic oxidation sites excluding steroid dienone is 4. The van der Waals surface area contributed by atoms with E-state index in [-0.39, 0.29) is 25.8 Å². The van der Waals surface area contributed by atoms with Gasteiger partial charge in [-0.05, 0) is 44.9 Å². The summed E-state index contributed by atoms with van der Waals surface area (Å²) in [6.45, 7) is 5.44. The summed E-state index contributed by atoms with van der Waals surface area (Å²) in [6.07, 6.45) is 54.9. The average molecular weight is 898 g/mol. The molecular weight excluding hydrogens is 794 g/mol. The zero-order valence-electron chi connectivity index (χ0n) is 41.8. The van der Waals surface area contributed by atoms with Gasteiger partial charge in [0.2, 0.25) is 0 Å². The summed E-state index contributed by atoms with van der Waals surface area (Å²) < 4.78 is 34.8. The van der Waals surface area contributed by atoms with E-state index in [2.05, 4.69) is 38.2 Å². The van der Waals surface area contributed by atoms with Crippen LogP contribution in [0.3, 0.4) is 0 Å². The molecule has 368 valence electrons. The van der Waals surface area contributed by atoms with Crippen molar-refractivity contribution in [2.45, 2.75) is 258 Å².